The van der Waals surface area contributed by atoms with E-state index in [0.717, 1.165) is 0 Å². The van der Waals surface area contributed by atoms with Crippen molar-refractivity contribution in [2.45, 2.75) is 25.0 Å². The van der Waals surface area contributed by atoms with Gasteiger partial charge in [-0.05, 0) is 12.5 Å². The summed E-state index contributed by atoms with van der Waals surface area (Å²) in [6, 6.07) is 8.53. The molecule has 0 saturated carbocycles. The van der Waals surface area contributed by atoms with E-state index >= 15 is 0 Å². The molecule has 0 bridgehead atoms. The molecule has 1 rings (SSSR count). The van der Waals surface area contributed by atoms with E-state index in [1.54, 1.807) is 30.3 Å². The Bertz CT molecular complexity index is 621. The van der Waals surface area contributed by atoms with E-state index in [9.17, 15) is 26.4 Å². The lowest BCUT2D eigenvalue weighted by Gasteiger charge is -2.15. The van der Waals surface area contributed by atoms with E-state index in [0.29, 0.717) is 5.56 Å². The zero-order valence-corrected chi connectivity index (χ0v) is 13.8. The lowest BCUT2D eigenvalue weighted by Crippen LogP contribution is -2.40. The van der Waals surface area contributed by atoms with Crippen LogP contribution < -0.4 is 10.0 Å². The van der Waals surface area contributed by atoms with Crippen LogP contribution in [0.15, 0.2) is 30.3 Å². The quantitative estimate of drug-likeness (QED) is 0.642. The molecule has 1 aromatic carbocycles. The van der Waals surface area contributed by atoms with Crippen molar-refractivity contribution >= 4 is 15.9 Å². The summed E-state index contributed by atoms with van der Waals surface area (Å²) >= 11 is 0. The Labute approximate surface area is 138 Å². The average molecular weight is 368 g/mol. The molecule has 24 heavy (non-hydrogen) atoms. The van der Waals surface area contributed by atoms with Crippen molar-refractivity contribution in [3.05, 3.63) is 35.9 Å². The molecule has 10 heteroatoms. The largest absolute Gasteiger partial charge is 0.411 e. The molecule has 0 aliphatic rings. The van der Waals surface area contributed by atoms with Crippen LogP contribution in [0.1, 0.15) is 12.5 Å². The first-order chi connectivity index (χ1) is 11.1. The molecule has 0 aliphatic heterocycles. The third-order valence-corrected chi connectivity index (χ3v) is 4.17. The van der Waals surface area contributed by atoms with Gasteiger partial charge >= 0.3 is 6.18 Å². The predicted molar refractivity (Wildman–Crippen MR) is 81.5 cm³/mol. The molecular formula is C14H19F3N2O4S. The number of carbonyl (C=O) groups excluding carboxylic acids is 1. The van der Waals surface area contributed by atoms with E-state index in [1.807, 2.05) is 0 Å². The highest BCUT2D eigenvalue weighted by Gasteiger charge is 2.29. The summed E-state index contributed by atoms with van der Waals surface area (Å²) in [6.07, 6.45) is -5.80. The molecule has 0 fully saturated rings. The number of sulfonamides is 1. The van der Waals surface area contributed by atoms with Crippen LogP contribution in [-0.4, -0.2) is 46.3 Å². The minimum absolute atomic E-state index is 0.0629. The monoisotopic (exact) mass is 368 g/mol. The first kappa shape index (κ1) is 20.4. The van der Waals surface area contributed by atoms with Crippen LogP contribution >= 0.6 is 0 Å². The van der Waals surface area contributed by atoms with E-state index in [4.69, 9.17) is 0 Å². The van der Waals surface area contributed by atoms with Gasteiger partial charge in [-0.2, -0.15) is 13.2 Å². The number of hydrogen-bond donors (Lipinski definition) is 2. The highest BCUT2D eigenvalue weighted by Crippen LogP contribution is 2.15. The maximum Gasteiger partial charge on any atom is 0.411 e. The Kier molecular flexibility index (Phi) is 7.64. The molecule has 1 aromatic rings. The Morgan fingerprint density at radius 1 is 1.21 bits per heavy atom. The van der Waals surface area contributed by atoms with Gasteiger partial charge in [0.05, 0.1) is 5.75 Å². The van der Waals surface area contributed by atoms with Crippen molar-refractivity contribution in [3.8, 4) is 0 Å². The molecule has 136 valence electrons. The zero-order chi connectivity index (χ0) is 18.2. The second-order valence-electron chi connectivity index (χ2n) is 5.00. The Morgan fingerprint density at radius 2 is 1.83 bits per heavy atom. The summed E-state index contributed by atoms with van der Waals surface area (Å²) in [5.41, 5.74) is 0.614. The first-order valence-electron chi connectivity index (χ1n) is 7.06. The average Bonchev–Trinajstić information content (AvgIpc) is 2.48. The van der Waals surface area contributed by atoms with E-state index in [2.05, 4.69) is 14.8 Å². The normalized spacial score (nSPS) is 13.5. The molecule has 0 spiro atoms. The summed E-state index contributed by atoms with van der Waals surface area (Å²) in [4.78, 5) is 11.5. The Hall–Kier alpha value is -1.65. The molecule has 0 aliphatic carbocycles. The maximum atomic E-state index is 12.0. The number of rotatable bonds is 9. The van der Waals surface area contributed by atoms with Gasteiger partial charge in [0.1, 0.15) is 12.7 Å². The molecule has 0 saturated heterocycles. The Morgan fingerprint density at radius 3 is 2.42 bits per heavy atom. The summed E-state index contributed by atoms with van der Waals surface area (Å²) < 4.78 is 66.2. The van der Waals surface area contributed by atoms with Crippen LogP contribution in [0.2, 0.25) is 0 Å². The van der Waals surface area contributed by atoms with Crippen LogP contribution in [0, 0.1) is 0 Å². The first-order valence-corrected chi connectivity index (χ1v) is 8.71. The van der Waals surface area contributed by atoms with Gasteiger partial charge in [0.25, 0.3) is 0 Å². The van der Waals surface area contributed by atoms with Gasteiger partial charge in [-0.3, -0.25) is 4.79 Å². The third kappa shape index (κ3) is 8.85. The van der Waals surface area contributed by atoms with Crippen LogP contribution in [0.4, 0.5) is 13.2 Å². The van der Waals surface area contributed by atoms with Gasteiger partial charge in [-0.1, -0.05) is 30.3 Å². The van der Waals surface area contributed by atoms with Crippen molar-refractivity contribution in [3.63, 3.8) is 0 Å². The molecule has 1 amide bonds. The maximum absolute atomic E-state index is 12.0. The number of benzene rings is 1. The Balaban J connectivity index is 2.28. The number of nitrogens with one attached hydrogen (secondary N) is 2. The number of alkyl halides is 3. The van der Waals surface area contributed by atoms with Crippen LogP contribution in [0.5, 0.6) is 0 Å². The highest BCUT2D eigenvalue weighted by molar-refractivity contribution is 7.88. The van der Waals surface area contributed by atoms with Crippen molar-refractivity contribution in [1.29, 1.82) is 0 Å². The molecule has 0 aromatic heterocycles. The standard InChI is InChI=1S/C14H19F3N2O4S/c1-11(23-10-14(15,16)17)13(20)18-7-8-19-24(21,22)9-12-5-3-2-4-6-12/h2-6,11,19H,7-10H2,1H3,(H,18,20)/t11-/m0/s1. The number of halogens is 3. The summed E-state index contributed by atoms with van der Waals surface area (Å²) in [6.45, 7) is -0.481. The molecular weight excluding hydrogens is 349 g/mol. The molecule has 6 nitrogen and oxygen atoms in total. The van der Waals surface area contributed by atoms with Crippen molar-refractivity contribution in [2.24, 2.45) is 0 Å². The van der Waals surface area contributed by atoms with Crippen LogP contribution in [0.3, 0.4) is 0 Å². The van der Waals surface area contributed by atoms with Crippen molar-refractivity contribution in [2.75, 3.05) is 19.7 Å². The number of ether oxygens (including phenoxy) is 1. The van der Waals surface area contributed by atoms with Crippen LogP contribution in [0.25, 0.3) is 0 Å². The van der Waals surface area contributed by atoms with Gasteiger partial charge in [0.2, 0.25) is 15.9 Å². The lowest BCUT2D eigenvalue weighted by molar-refractivity contribution is -0.185. The fourth-order valence-corrected chi connectivity index (χ4v) is 2.82. The number of hydrogen-bond acceptors (Lipinski definition) is 4. The highest BCUT2D eigenvalue weighted by atomic mass is 32.2. The fourth-order valence-electron chi connectivity index (χ4n) is 1.68. The molecule has 0 heterocycles. The SMILES string of the molecule is C[C@H](OCC(F)(F)F)C(=O)NCCNS(=O)(=O)Cc1ccccc1. The lowest BCUT2D eigenvalue weighted by atomic mass is 10.2. The van der Waals surface area contributed by atoms with Crippen molar-refractivity contribution < 1.29 is 31.1 Å². The van der Waals surface area contributed by atoms with Gasteiger partial charge in [-0.15, -0.1) is 0 Å². The van der Waals surface area contributed by atoms with Crippen LogP contribution in [-0.2, 0) is 25.3 Å². The van der Waals surface area contributed by atoms with Gasteiger partial charge in [-0.25, -0.2) is 13.1 Å². The summed E-state index contributed by atoms with van der Waals surface area (Å²) in [5.74, 6) is -0.950. The summed E-state index contributed by atoms with van der Waals surface area (Å²) in [7, 11) is -3.56. The fraction of sp³-hybridized carbons (Fsp3) is 0.500. The van der Waals surface area contributed by atoms with Crippen molar-refractivity contribution in [1.82, 2.24) is 10.0 Å². The molecule has 0 radical (unpaired) electrons. The predicted octanol–water partition coefficient (Wildman–Crippen LogP) is 1.19. The van der Waals surface area contributed by atoms with E-state index in [1.165, 1.54) is 6.92 Å². The van der Waals surface area contributed by atoms with Gasteiger partial charge in [0, 0.05) is 13.1 Å². The topological polar surface area (TPSA) is 84.5 Å². The minimum Gasteiger partial charge on any atom is -0.359 e. The second-order valence-corrected chi connectivity index (χ2v) is 6.81. The number of carbonyl (C=O) groups is 1. The second kappa shape index (κ2) is 9.00. The molecule has 2 N–H and O–H groups in total. The van der Waals surface area contributed by atoms with Gasteiger partial charge < -0.3 is 10.1 Å². The smallest absolute Gasteiger partial charge is 0.359 e. The van der Waals surface area contributed by atoms with Gasteiger partial charge in [0.15, 0.2) is 0 Å². The van der Waals surface area contributed by atoms with E-state index < -0.39 is 34.8 Å². The number of amides is 1. The molecule has 0 unspecified atom stereocenters. The zero-order valence-electron chi connectivity index (χ0n) is 13.0. The van der Waals surface area contributed by atoms with E-state index in [-0.39, 0.29) is 18.8 Å². The third-order valence-electron chi connectivity index (χ3n) is 2.81. The minimum atomic E-state index is -4.51. The summed E-state index contributed by atoms with van der Waals surface area (Å²) in [5, 5.41) is 2.30. The molecule has 1 atom stereocenters.